The minimum Gasteiger partial charge on any atom is -0.386 e. The molecular formula is C11H12BrN3OS. The predicted molar refractivity (Wildman–Crippen MR) is 70.8 cm³/mol. The topological polar surface area (TPSA) is 50.9 Å². The van der Waals surface area contributed by atoms with Crippen LogP contribution in [0.2, 0.25) is 0 Å². The van der Waals surface area contributed by atoms with Crippen molar-refractivity contribution in [3.8, 4) is 0 Å². The summed E-state index contributed by atoms with van der Waals surface area (Å²) in [7, 11) is 1.77. The molecule has 2 aromatic rings. The number of halogens is 1. The van der Waals surface area contributed by atoms with Gasteiger partial charge in [0.15, 0.2) is 0 Å². The zero-order valence-electron chi connectivity index (χ0n) is 9.25. The minimum atomic E-state index is -0.563. The highest BCUT2D eigenvalue weighted by Crippen LogP contribution is 2.29. The van der Waals surface area contributed by atoms with Crippen molar-refractivity contribution in [3.05, 3.63) is 40.6 Å². The molecule has 0 bridgehead atoms. The molecule has 1 atom stereocenters. The van der Waals surface area contributed by atoms with E-state index >= 15 is 0 Å². The van der Waals surface area contributed by atoms with Gasteiger partial charge < -0.3 is 5.11 Å². The summed E-state index contributed by atoms with van der Waals surface area (Å²) in [5, 5.41) is 17.6. The molecule has 90 valence electrons. The molecule has 0 radical (unpaired) electrons. The maximum Gasteiger partial charge on any atom is 0.107 e. The first-order valence-electron chi connectivity index (χ1n) is 5.08. The Hall–Kier alpha value is -0.850. The molecular weight excluding hydrogens is 302 g/mol. The first-order chi connectivity index (χ1) is 8.18. The minimum absolute atomic E-state index is 0.563. The van der Waals surface area contributed by atoms with E-state index in [4.69, 9.17) is 0 Å². The molecule has 2 rings (SSSR count). The molecule has 0 aliphatic heterocycles. The Bertz CT molecular complexity index is 503. The van der Waals surface area contributed by atoms with Crippen LogP contribution in [-0.2, 0) is 7.05 Å². The van der Waals surface area contributed by atoms with Gasteiger partial charge in [0.05, 0.1) is 11.9 Å². The molecule has 0 saturated heterocycles. The van der Waals surface area contributed by atoms with Crippen LogP contribution >= 0.6 is 27.7 Å². The summed E-state index contributed by atoms with van der Waals surface area (Å²) in [4.78, 5) is 1.11. The lowest BCUT2D eigenvalue weighted by atomic mass is 10.3. The second-order valence-electron chi connectivity index (χ2n) is 3.54. The Balaban J connectivity index is 2.00. The summed E-state index contributed by atoms with van der Waals surface area (Å²) in [6, 6.07) is 7.95. The van der Waals surface area contributed by atoms with Gasteiger partial charge in [-0.25, -0.2) is 4.68 Å². The molecule has 0 saturated carbocycles. The summed E-state index contributed by atoms with van der Waals surface area (Å²) in [5.74, 6) is 0.573. The summed E-state index contributed by atoms with van der Waals surface area (Å²) < 4.78 is 2.63. The van der Waals surface area contributed by atoms with Crippen molar-refractivity contribution >= 4 is 27.7 Å². The maximum atomic E-state index is 10.0. The number of aryl methyl sites for hydroxylation is 1. The fourth-order valence-corrected chi connectivity index (χ4v) is 2.93. The highest BCUT2D eigenvalue weighted by molar-refractivity contribution is 9.10. The van der Waals surface area contributed by atoms with Gasteiger partial charge in [0.2, 0.25) is 0 Å². The molecule has 0 fully saturated rings. The van der Waals surface area contributed by atoms with E-state index in [0.717, 1.165) is 15.1 Å². The normalized spacial score (nSPS) is 12.6. The van der Waals surface area contributed by atoms with Crippen molar-refractivity contribution < 1.29 is 5.11 Å². The number of hydrogen-bond acceptors (Lipinski definition) is 4. The molecule has 1 N–H and O–H groups in total. The van der Waals surface area contributed by atoms with Crippen LogP contribution in [-0.4, -0.2) is 25.9 Å². The Kier molecular flexibility index (Phi) is 4.20. The fraction of sp³-hybridized carbons (Fsp3) is 0.273. The molecule has 0 amide bonds. The molecule has 1 unspecified atom stereocenters. The van der Waals surface area contributed by atoms with E-state index in [0.29, 0.717) is 5.75 Å². The van der Waals surface area contributed by atoms with E-state index in [9.17, 15) is 5.11 Å². The van der Waals surface area contributed by atoms with Crippen molar-refractivity contribution in [1.29, 1.82) is 0 Å². The molecule has 0 aliphatic carbocycles. The number of nitrogens with zero attached hydrogens (tertiary/aromatic N) is 3. The highest BCUT2D eigenvalue weighted by atomic mass is 79.9. The predicted octanol–water partition coefficient (Wildman–Crippen LogP) is 2.40. The largest absolute Gasteiger partial charge is 0.386 e. The zero-order valence-corrected chi connectivity index (χ0v) is 11.6. The van der Waals surface area contributed by atoms with Crippen LogP contribution in [0.1, 0.15) is 11.8 Å². The number of thioether (sulfide) groups is 1. The quantitative estimate of drug-likeness (QED) is 0.881. The molecule has 6 heteroatoms. The standard InChI is InChI=1S/C11H12BrN3OS/c1-15-9(6-13-14-15)10(16)7-17-11-5-3-2-4-8(11)12/h2-6,10,16H,7H2,1H3. The average Bonchev–Trinajstić information content (AvgIpc) is 2.74. The van der Waals surface area contributed by atoms with E-state index < -0.39 is 6.10 Å². The summed E-state index contributed by atoms with van der Waals surface area (Å²) in [6.45, 7) is 0. The lowest BCUT2D eigenvalue weighted by Gasteiger charge is -2.10. The summed E-state index contributed by atoms with van der Waals surface area (Å²) >= 11 is 5.07. The van der Waals surface area contributed by atoms with E-state index in [1.807, 2.05) is 24.3 Å². The highest BCUT2D eigenvalue weighted by Gasteiger charge is 2.13. The zero-order chi connectivity index (χ0) is 12.3. The summed E-state index contributed by atoms with van der Waals surface area (Å²) in [6.07, 6.45) is 1.03. The number of benzene rings is 1. The number of rotatable bonds is 4. The van der Waals surface area contributed by atoms with Gasteiger partial charge in [-0.1, -0.05) is 17.3 Å². The first kappa shape index (κ1) is 12.6. The number of aliphatic hydroxyl groups is 1. The van der Waals surface area contributed by atoms with Gasteiger partial charge in [0, 0.05) is 22.2 Å². The number of aromatic nitrogens is 3. The van der Waals surface area contributed by atoms with E-state index in [2.05, 4.69) is 26.2 Å². The van der Waals surface area contributed by atoms with Crippen LogP contribution < -0.4 is 0 Å². The molecule has 4 nitrogen and oxygen atoms in total. The molecule has 0 aliphatic rings. The number of aliphatic hydroxyl groups excluding tert-OH is 1. The van der Waals surface area contributed by atoms with Crippen molar-refractivity contribution in [2.24, 2.45) is 7.05 Å². The Labute approximate surface area is 112 Å². The van der Waals surface area contributed by atoms with Gasteiger partial charge in [-0.2, -0.15) is 0 Å². The third-order valence-corrected chi connectivity index (χ3v) is 4.43. The maximum absolute atomic E-state index is 10.0. The monoisotopic (exact) mass is 313 g/mol. The van der Waals surface area contributed by atoms with Crippen LogP contribution in [0, 0.1) is 0 Å². The van der Waals surface area contributed by atoms with E-state index in [1.165, 1.54) is 0 Å². The second-order valence-corrected chi connectivity index (χ2v) is 5.46. The van der Waals surface area contributed by atoms with Gasteiger partial charge in [-0.15, -0.1) is 16.9 Å². The van der Waals surface area contributed by atoms with Gasteiger partial charge in [-0.3, -0.25) is 0 Å². The molecule has 1 aromatic heterocycles. The van der Waals surface area contributed by atoms with Crippen molar-refractivity contribution in [2.45, 2.75) is 11.0 Å². The molecule has 0 spiro atoms. The summed E-state index contributed by atoms with van der Waals surface area (Å²) in [5.41, 5.74) is 0.726. The Morgan fingerprint density at radius 1 is 1.47 bits per heavy atom. The Morgan fingerprint density at radius 3 is 2.88 bits per heavy atom. The SMILES string of the molecule is Cn1nncc1C(O)CSc1ccccc1Br. The Morgan fingerprint density at radius 2 is 2.24 bits per heavy atom. The lowest BCUT2D eigenvalue weighted by molar-refractivity contribution is 0.193. The smallest absolute Gasteiger partial charge is 0.107 e. The average molecular weight is 314 g/mol. The van der Waals surface area contributed by atoms with Gasteiger partial charge in [0.25, 0.3) is 0 Å². The molecule has 1 heterocycles. The van der Waals surface area contributed by atoms with Crippen LogP contribution in [0.4, 0.5) is 0 Å². The van der Waals surface area contributed by atoms with Crippen molar-refractivity contribution in [2.75, 3.05) is 5.75 Å². The number of hydrogen-bond donors (Lipinski definition) is 1. The van der Waals surface area contributed by atoms with Crippen LogP contribution in [0.25, 0.3) is 0 Å². The fourth-order valence-electron chi connectivity index (χ4n) is 1.42. The van der Waals surface area contributed by atoms with Crippen LogP contribution in [0.5, 0.6) is 0 Å². The molecule has 1 aromatic carbocycles. The van der Waals surface area contributed by atoms with Gasteiger partial charge >= 0.3 is 0 Å². The van der Waals surface area contributed by atoms with E-state index in [1.54, 1.807) is 29.7 Å². The first-order valence-corrected chi connectivity index (χ1v) is 6.86. The molecule has 17 heavy (non-hydrogen) atoms. The van der Waals surface area contributed by atoms with Crippen LogP contribution in [0.15, 0.2) is 39.8 Å². The van der Waals surface area contributed by atoms with Gasteiger partial charge in [-0.05, 0) is 28.1 Å². The van der Waals surface area contributed by atoms with Crippen molar-refractivity contribution in [3.63, 3.8) is 0 Å². The van der Waals surface area contributed by atoms with Crippen LogP contribution in [0.3, 0.4) is 0 Å². The third-order valence-electron chi connectivity index (χ3n) is 2.32. The van der Waals surface area contributed by atoms with Crippen molar-refractivity contribution in [1.82, 2.24) is 15.0 Å². The van der Waals surface area contributed by atoms with E-state index in [-0.39, 0.29) is 0 Å². The third kappa shape index (κ3) is 3.08. The lowest BCUT2D eigenvalue weighted by Crippen LogP contribution is -2.07. The second kappa shape index (κ2) is 5.66. The van der Waals surface area contributed by atoms with Gasteiger partial charge in [0.1, 0.15) is 6.10 Å².